The molecule has 0 aliphatic carbocycles. The summed E-state index contributed by atoms with van der Waals surface area (Å²) in [5, 5.41) is 3.55. The van der Waals surface area contributed by atoms with Gasteiger partial charge in [0.05, 0.1) is 6.61 Å². The van der Waals surface area contributed by atoms with Crippen molar-refractivity contribution in [3.05, 3.63) is 35.4 Å². The van der Waals surface area contributed by atoms with Crippen molar-refractivity contribution >= 4 is 0 Å². The lowest BCUT2D eigenvalue weighted by Gasteiger charge is -2.23. The van der Waals surface area contributed by atoms with Gasteiger partial charge in [0, 0.05) is 19.7 Å². The van der Waals surface area contributed by atoms with Gasteiger partial charge in [0.2, 0.25) is 0 Å². The highest BCUT2D eigenvalue weighted by Gasteiger charge is 2.14. The third-order valence-corrected chi connectivity index (χ3v) is 3.08. The molecule has 2 heteroatoms. The maximum Gasteiger partial charge on any atom is 0.0587 e. The van der Waals surface area contributed by atoms with Gasteiger partial charge in [-0.1, -0.05) is 45.0 Å². The van der Waals surface area contributed by atoms with Crippen LogP contribution in [0.4, 0.5) is 0 Å². The fourth-order valence-corrected chi connectivity index (χ4v) is 2.02. The van der Waals surface area contributed by atoms with Crippen LogP contribution in [-0.2, 0) is 11.2 Å². The number of methoxy groups -OCH3 is 1. The van der Waals surface area contributed by atoms with Gasteiger partial charge in [-0.3, -0.25) is 0 Å². The van der Waals surface area contributed by atoms with Crippen LogP contribution < -0.4 is 5.32 Å². The monoisotopic (exact) mass is 235 g/mol. The zero-order valence-corrected chi connectivity index (χ0v) is 11.5. The average Bonchev–Trinajstić information content (AvgIpc) is 2.34. The Kier molecular flexibility index (Phi) is 6.23. The number of hydrogen-bond donors (Lipinski definition) is 1. The molecular weight excluding hydrogens is 210 g/mol. The van der Waals surface area contributed by atoms with Crippen LogP contribution in [0.1, 0.15) is 37.9 Å². The van der Waals surface area contributed by atoms with Crippen LogP contribution in [-0.4, -0.2) is 20.3 Å². The molecule has 96 valence electrons. The van der Waals surface area contributed by atoms with Crippen LogP contribution in [0.3, 0.4) is 0 Å². The molecule has 0 aliphatic rings. The first-order valence-corrected chi connectivity index (χ1v) is 6.50. The predicted molar refractivity (Wildman–Crippen MR) is 73.3 cm³/mol. The predicted octanol–water partition coefficient (Wildman–Crippen LogP) is 3.18. The SMILES string of the molecule is CCc1ccc(C(NCCOC)C(C)C)cc1. The van der Waals surface area contributed by atoms with E-state index in [4.69, 9.17) is 4.74 Å². The first-order chi connectivity index (χ1) is 8.19. The van der Waals surface area contributed by atoms with Gasteiger partial charge in [0.25, 0.3) is 0 Å². The van der Waals surface area contributed by atoms with E-state index in [-0.39, 0.29) is 0 Å². The lowest BCUT2D eigenvalue weighted by molar-refractivity contribution is 0.192. The number of nitrogens with one attached hydrogen (secondary N) is 1. The zero-order chi connectivity index (χ0) is 12.7. The van der Waals surface area contributed by atoms with Crippen molar-refractivity contribution in [2.24, 2.45) is 5.92 Å². The van der Waals surface area contributed by atoms with Crippen molar-refractivity contribution in [1.82, 2.24) is 5.32 Å². The van der Waals surface area contributed by atoms with E-state index in [1.807, 2.05) is 0 Å². The molecule has 1 atom stereocenters. The van der Waals surface area contributed by atoms with E-state index in [1.165, 1.54) is 11.1 Å². The second-order valence-electron chi connectivity index (χ2n) is 4.76. The number of hydrogen-bond acceptors (Lipinski definition) is 2. The van der Waals surface area contributed by atoms with Gasteiger partial charge in [0.15, 0.2) is 0 Å². The lowest BCUT2D eigenvalue weighted by Crippen LogP contribution is -2.28. The van der Waals surface area contributed by atoms with Crippen LogP contribution in [0.5, 0.6) is 0 Å². The van der Waals surface area contributed by atoms with E-state index < -0.39 is 0 Å². The van der Waals surface area contributed by atoms with Crippen molar-refractivity contribution in [1.29, 1.82) is 0 Å². The van der Waals surface area contributed by atoms with E-state index in [1.54, 1.807) is 7.11 Å². The molecule has 1 aromatic rings. The lowest BCUT2D eigenvalue weighted by atomic mass is 9.95. The van der Waals surface area contributed by atoms with Crippen LogP contribution >= 0.6 is 0 Å². The van der Waals surface area contributed by atoms with Crippen molar-refractivity contribution in [2.45, 2.75) is 33.2 Å². The summed E-state index contributed by atoms with van der Waals surface area (Å²) in [6, 6.07) is 9.34. The summed E-state index contributed by atoms with van der Waals surface area (Å²) in [5.41, 5.74) is 2.77. The van der Waals surface area contributed by atoms with E-state index in [9.17, 15) is 0 Å². The minimum Gasteiger partial charge on any atom is -0.383 e. The molecule has 1 unspecified atom stereocenters. The third kappa shape index (κ3) is 4.49. The summed E-state index contributed by atoms with van der Waals surface area (Å²) in [5.74, 6) is 0.583. The Balaban J connectivity index is 2.68. The molecule has 0 aliphatic heterocycles. The summed E-state index contributed by atoms with van der Waals surface area (Å²) in [6.45, 7) is 8.34. The second-order valence-corrected chi connectivity index (χ2v) is 4.76. The molecule has 1 N–H and O–H groups in total. The molecule has 0 bridgehead atoms. The van der Waals surface area contributed by atoms with Crippen molar-refractivity contribution in [2.75, 3.05) is 20.3 Å². The average molecular weight is 235 g/mol. The first kappa shape index (κ1) is 14.2. The highest BCUT2D eigenvalue weighted by Crippen LogP contribution is 2.21. The first-order valence-electron chi connectivity index (χ1n) is 6.50. The molecule has 0 spiro atoms. The van der Waals surface area contributed by atoms with Gasteiger partial charge in [-0.15, -0.1) is 0 Å². The van der Waals surface area contributed by atoms with Crippen molar-refractivity contribution < 1.29 is 4.74 Å². The van der Waals surface area contributed by atoms with E-state index >= 15 is 0 Å². The second kappa shape index (κ2) is 7.46. The van der Waals surface area contributed by atoms with Gasteiger partial charge >= 0.3 is 0 Å². The van der Waals surface area contributed by atoms with Crippen LogP contribution in [0, 0.1) is 5.92 Å². The van der Waals surface area contributed by atoms with Gasteiger partial charge in [-0.2, -0.15) is 0 Å². The highest BCUT2D eigenvalue weighted by molar-refractivity contribution is 5.25. The van der Waals surface area contributed by atoms with Crippen LogP contribution in [0.25, 0.3) is 0 Å². The standard InChI is InChI=1S/C15H25NO/c1-5-13-6-8-14(9-7-13)15(12(2)3)16-10-11-17-4/h6-9,12,15-16H,5,10-11H2,1-4H3. The van der Waals surface area contributed by atoms with Gasteiger partial charge in [-0.25, -0.2) is 0 Å². The molecule has 0 fully saturated rings. The Morgan fingerprint density at radius 1 is 1.18 bits per heavy atom. The topological polar surface area (TPSA) is 21.3 Å². The smallest absolute Gasteiger partial charge is 0.0587 e. The van der Waals surface area contributed by atoms with Gasteiger partial charge < -0.3 is 10.1 Å². The Morgan fingerprint density at radius 2 is 1.82 bits per heavy atom. The third-order valence-electron chi connectivity index (χ3n) is 3.08. The summed E-state index contributed by atoms with van der Waals surface area (Å²) in [4.78, 5) is 0. The van der Waals surface area contributed by atoms with Crippen molar-refractivity contribution in [3.8, 4) is 0 Å². The molecule has 0 heterocycles. The molecule has 0 amide bonds. The van der Waals surface area contributed by atoms with E-state index in [0.29, 0.717) is 12.0 Å². The number of rotatable bonds is 7. The number of benzene rings is 1. The molecule has 0 saturated carbocycles. The van der Waals surface area contributed by atoms with Crippen LogP contribution in [0.15, 0.2) is 24.3 Å². The fourth-order valence-electron chi connectivity index (χ4n) is 2.02. The maximum atomic E-state index is 5.08. The molecule has 0 radical (unpaired) electrons. The Labute approximate surface area is 105 Å². The van der Waals surface area contributed by atoms with Gasteiger partial charge in [-0.05, 0) is 23.5 Å². The quantitative estimate of drug-likeness (QED) is 0.733. The molecule has 2 nitrogen and oxygen atoms in total. The normalized spacial score (nSPS) is 13.0. The highest BCUT2D eigenvalue weighted by atomic mass is 16.5. The molecule has 1 aromatic carbocycles. The Morgan fingerprint density at radius 3 is 2.29 bits per heavy atom. The van der Waals surface area contributed by atoms with Crippen LogP contribution in [0.2, 0.25) is 0 Å². The minimum atomic E-state index is 0.413. The summed E-state index contributed by atoms with van der Waals surface area (Å²) in [7, 11) is 1.74. The summed E-state index contributed by atoms with van der Waals surface area (Å²) >= 11 is 0. The maximum absolute atomic E-state index is 5.08. The zero-order valence-electron chi connectivity index (χ0n) is 11.5. The van der Waals surface area contributed by atoms with Gasteiger partial charge in [0.1, 0.15) is 0 Å². The number of ether oxygens (including phenoxy) is 1. The molecule has 0 saturated heterocycles. The molecule has 17 heavy (non-hydrogen) atoms. The summed E-state index contributed by atoms with van der Waals surface area (Å²) < 4.78 is 5.08. The Bertz CT molecular complexity index is 305. The summed E-state index contributed by atoms with van der Waals surface area (Å²) in [6.07, 6.45) is 1.10. The van der Waals surface area contributed by atoms with E-state index in [0.717, 1.165) is 19.6 Å². The number of aryl methyl sites for hydroxylation is 1. The van der Waals surface area contributed by atoms with Crippen molar-refractivity contribution in [3.63, 3.8) is 0 Å². The minimum absolute atomic E-state index is 0.413. The fraction of sp³-hybridized carbons (Fsp3) is 0.600. The molecule has 1 rings (SSSR count). The Hall–Kier alpha value is -0.860. The molecule has 0 aromatic heterocycles. The largest absolute Gasteiger partial charge is 0.383 e. The van der Waals surface area contributed by atoms with E-state index in [2.05, 4.69) is 50.4 Å². The molecular formula is C15H25NO.